The van der Waals surface area contributed by atoms with Crippen molar-refractivity contribution in [2.24, 2.45) is 0 Å². The van der Waals surface area contributed by atoms with Gasteiger partial charge in [-0.3, -0.25) is 0 Å². The van der Waals surface area contributed by atoms with E-state index in [1.54, 1.807) is 13.3 Å². The van der Waals surface area contributed by atoms with Crippen LogP contribution in [0.3, 0.4) is 0 Å². The van der Waals surface area contributed by atoms with Crippen LogP contribution in [0.5, 0.6) is 0 Å². The van der Waals surface area contributed by atoms with Gasteiger partial charge < -0.3 is 0 Å². The molecule has 0 spiro atoms. The van der Waals surface area contributed by atoms with E-state index in [0.29, 0.717) is 0 Å². The normalized spacial score (nSPS) is 12.9. The van der Waals surface area contributed by atoms with Crippen molar-refractivity contribution in [3.63, 3.8) is 0 Å². The first-order chi connectivity index (χ1) is 11.7. The molecule has 0 unspecified atom stereocenters. The third kappa shape index (κ3) is 8.55. The minimum absolute atomic E-state index is 1.32. The average Bonchev–Trinajstić information content (AvgIpc) is 2.61. The van der Waals surface area contributed by atoms with Gasteiger partial charge in [-0.25, -0.2) is 0 Å². The van der Waals surface area contributed by atoms with Gasteiger partial charge in [-0.05, 0) is 0 Å². The Hall–Kier alpha value is -0.501. The standard InChI is InChI=1S/C11H11.3C4H9.Sn/c1-3-10(2)9-11-7-5-4-6-8-11;3*1-3-4-2;/h1,3-9H,2H3;3*1,3-4H2,2H3;/b3-1?,10-9+;;;;. The molecule has 0 aliphatic carbocycles. The van der Waals surface area contributed by atoms with Crippen LogP contribution in [0.2, 0.25) is 13.3 Å². The van der Waals surface area contributed by atoms with E-state index in [1.807, 2.05) is 0 Å². The molecule has 0 radical (unpaired) electrons. The molecule has 0 fully saturated rings. The molecule has 0 atom stereocenters. The summed E-state index contributed by atoms with van der Waals surface area (Å²) in [6.45, 7) is 9.31. The second kappa shape index (κ2) is 12.8. The SMILES string of the molecule is CCC[CH2][Sn](/[CH]=C\C(C)=C\c1ccccc1)([CH2]CCC)[CH2]CCC. The molecule has 0 amide bonds. The molecule has 0 N–H and O–H groups in total. The Morgan fingerprint density at radius 2 is 1.33 bits per heavy atom. The zero-order valence-electron chi connectivity index (χ0n) is 16.5. The van der Waals surface area contributed by atoms with E-state index in [1.165, 1.54) is 49.7 Å². The summed E-state index contributed by atoms with van der Waals surface area (Å²) in [6.07, 6.45) is 13.2. The maximum absolute atomic E-state index is 2.77. The summed E-state index contributed by atoms with van der Waals surface area (Å²) in [5, 5.41) is 0. The van der Waals surface area contributed by atoms with Crippen molar-refractivity contribution < 1.29 is 0 Å². The molecule has 0 nitrogen and oxygen atoms in total. The second-order valence-electron chi connectivity index (χ2n) is 7.31. The summed E-state index contributed by atoms with van der Waals surface area (Å²) in [5.41, 5.74) is 2.72. The van der Waals surface area contributed by atoms with Gasteiger partial charge in [0.25, 0.3) is 0 Å². The number of hydrogen-bond donors (Lipinski definition) is 0. The van der Waals surface area contributed by atoms with Crippen LogP contribution in [0.15, 0.2) is 46.1 Å². The Morgan fingerprint density at radius 3 is 1.79 bits per heavy atom. The fraction of sp³-hybridized carbons (Fsp3) is 0.565. The number of unbranched alkanes of at least 4 members (excludes halogenated alkanes) is 3. The topological polar surface area (TPSA) is 0 Å². The van der Waals surface area contributed by atoms with E-state index in [0.717, 1.165) is 0 Å². The summed E-state index contributed by atoms with van der Waals surface area (Å²) in [4.78, 5) is 0. The van der Waals surface area contributed by atoms with Crippen LogP contribution in [-0.2, 0) is 0 Å². The summed E-state index contributed by atoms with van der Waals surface area (Å²) < 4.78 is 7.44. The maximum atomic E-state index is 2.77. The van der Waals surface area contributed by atoms with Crippen LogP contribution in [0, 0.1) is 0 Å². The van der Waals surface area contributed by atoms with Crippen molar-refractivity contribution in [1.29, 1.82) is 0 Å². The van der Waals surface area contributed by atoms with Crippen molar-refractivity contribution >= 4 is 24.5 Å². The molecule has 0 saturated carbocycles. The minimum atomic E-state index is -2.12. The van der Waals surface area contributed by atoms with Crippen molar-refractivity contribution in [3.05, 3.63) is 51.6 Å². The molecular weight excluding hydrogens is 395 g/mol. The molecular formula is C23H38Sn. The average molecular weight is 433 g/mol. The molecule has 0 bridgehead atoms. The van der Waals surface area contributed by atoms with Crippen LogP contribution < -0.4 is 0 Å². The molecule has 1 rings (SSSR count). The van der Waals surface area contributed by atoms with Crippen molar-refractivity contribution in [2.75, 3.05) is 0 Å². The van der Waals surface area contributed by atoms with Gasteiger partial charge in [-0.2, -0.15) is 0 Å². The van der Waals surface area contributed by atoms with E-state index in [-0.39, 0.29) is 0 Å². The van der Waals surface area contributed by atoms with Gasteiger partial charge in [0.1, 0.15) is 0 Å². The van der Waals surface area contributed by atoms with Crippen molar-refractivity contribution in [3.8, 4) is 0 Å². The first-order valence-electron chi connectivity index (χ1n) is 10.1. The van der Waals surface area contributed by atoms with E-state index < -0.39 is 18.4 Å². The molecule has 1 aromatic carbocycles. The van der Waals surface area contributed by atoms with E-state index >= 15 is 0 Å². The van der Waals surface area contributed by atoms with E-state index in [2.05, 4.69) is 74.3 Å². The number of hydrogen-bond acceptors (Lipinski definition) is 0. The van der Waals surface area contributed by atoms with Crippen LogP contribution in [0.25, 0.3) is 6.08 Å². The Morgan fingerprint density at radius 1 is 0.833 bits per heavy atom. The molecule has 0 aromatic heterocycles. The first kappa shape index (κ1) is 21.5. The predicted molar refractivity (Wildman–Crippen MR) is 114 cm³/mol. The Labute approximate surface area is 155 Å². The zero-order valence-corrected chi connectivity index (χ0v) is 19.3. The van der Waals surface area contributed by atoms with Crippen molar-refractivity contribution in [2.45, 2.75) is 79.5 Å². The van der Waals surface area contributed by atoms with Gasteiger partial charge in [0.05, 0.1) is 0 Å². The van der Waals surface area contributed by atoms with Gasteiger partial charge in [-0.15, -0.1) is 0 Å². The van der Waals surface area contributed by atoms with E-state index in [9.17, 15) is 0 Å². The molecule has 24 heavy (non-hydrogen) atoms. The number of benzene rings is 1. The molecule has 0 heterocycles. The van der Waals surface area contributed by atoms with E-state index in [4.69, 9.17) is 0 Å². The predicted octanol–water partition coefficient (Wildman–Crippen LogP) is 8.03. The van der Waals surface area contributed by atoms with Gasteiger partial charge >= 0.3 is 156 Å². The second-order valence-corrected chi connectivity index (χ2v) is 20.3. The fourth-order valence-corrected chi connectivity index (χ4v) is 17.8. The van der Waals surface area contributed by atoms with Crippen LogP contribution in [0.4, 0.5) is 0 Å². The van der Waals surface area contributed by atoms with Crippen LogP contribution in [-0.4, -0.2) is 18.4 Å². The number of allylic oxidation sites excluding steroid dienone is 2. The Bertz CT molecular complexity index is 462. The fourth-order valence-electron chi connectivity index (χ4n) is 3.38. The summed E-state index contributed by atoms with van der Waals surface area (Å²) >= 11 is -2.12. The molecule has 1 aromatic rings. The summed E-state index contributed by atoms with van der Waals surface area (Å²) in [7, 11) is 0. The summed E-state index contributed by atoms with van der Waals surface area (Å²) in [6, 6.07) is 10.7. The quantitative estimate of drug-likeness (QED) is 0.231. The molecule has 134 valence electrons. The van der Waals surface area contributed by atoms with Crippen LogP contribution >= 0.6 is 0 Å². The third-order valence-electron chi connectivity index (χ3n) is 4.98. The van der Waals surface area contributed by atoms with Gasteiger partial charge in [-0.1, -0.05) is 0 Å². The number of rotatable bonds is 12. The summed E-state index contributed by atoms with van der Waals surface area (Å²) in [5.74, 6) is 0. The molecule has 0 saturated heterocycles. The van der Waals surface area contributed by atoms with Gasteiger partial charge in [0, 0.05) is 0 Å². The first-order valence-corrected chi connectivity index (χ1v) is 17.8. The van der Waals surface area contributed by atoms with Crippen molar-refractivity contribution in [1.82, 2.24) is 0 Å². The van der Waals surface area contributed by atoms with Gasteiger partial charge in [0.2, 0.25) is 0 Å². The molecule has 0 aliphatic heterocycles. The molecule has 1 heteroatoms. The molecule has 0 aliphatic rings. The zero-order chi connectivity index (χ0) is 17.7. The Balaban J connectivity index is 2.91. The monoisotopic (exact) mass is 434 g/mol. The Kier molecular flexibility index (Phi) is 11.5. The third-order valence-corrected chi connectivity index (χ3v) is 19.0. The van der Waals surface area contributed by atoms with Crippen LogP contribution in [0.1, 0.15) is 71.8 Å². The van der Waals surface area contributed by atoms with Gasteiger partial charge in [0.15, 0.2) is 0 Å².